The van der Waals surface area contributed by atoms with E-state index in [1.165, 1.54) is 6.42 Å². The maximum absolute atomic E-state index is 4.91. The summed E-state index contributed by atoms with van der Waals surface area (Å²) in [5.74, 6) is 0.699. The molecule has 0 aliphatic carbocycles. The van der Waals surface area contributed by atoms with Gasteiger partial charge in [0.25, 0.3) is 0 Å². The Labute approximate surface area is 78.7 Å². The molecular formula is C7H13N2S2. The molecule has 63 valence electrons. The molecule has 2 nitrogen and oxygen atoms in total. The number of thiol groups is 1. The highest BCUT2D eigenvalue weighted by atomic mass is 32.1. The van der Waals surface area contributed by atoms with Crippen molar-refractivity contribution in [1.82, 2.24) is 10.2 Å². The first-order valence-electron chi connectivity index (χ1n) is 3.77. The number of nitrogens with zero attached hydrogens (tertiary/aromatic N) is 2. The van der Waals surface area contributed by atoms with Crippen molar-refractivity contribution in [3.8, 4) is 0 Å². The van der Waals surface area contributed by atoms with Crippen LogP contribution in [0.15, 0.2) is 0 Å². The molecule has 0 aromatic carbocycles. The third kappa shape index (κ3) is 2.97. The van der Waals surface area contributed by atoms with Gasteiger partial charge in [0.05, 0.1) is 0 Å². The Morgan fingerprint density at radius 1 is 1.82 bits per heavy atom. The van der Waals surface area contributed by atoms with Gasteiger partial charge in [-0.25, -0.2) is 5.32 Å². The minimum Gasteiger partial charge on any atom is -0.360 e. The van der Waals surface area contributed by atoms with Crippen molar-refractivity contribution in [2.24, 2.45) is 5.92 Å². The van der Waals surface area contributed by atoms with Gasteiger partial charge >= 0.3 is 0 Å². The first-order valence-corrected chi connectivity index (χ1v) is 4.63. The van der Waals surface area contributed by atoms with Gasteiger partial charge in [-0.2, -0.15) is 0 Å². The molecule has 1 rings (SSSR count). The first kappa shape index (κ1) is 9.29. The summed E-state index contributed by atoms with van der Waals surface area (Å²) < 4.78 is 0.678. The van der Waals surface area contributed by atoms with E-state index in [4.69, 9.17) is 12.2 Å². The van der Waals surface area contributed by atoms with Gasteiger partial charge in [-0.3, -0.25) is 0 Å². The zero-order valence-corrected chi connectivity index (χ0v) is 8.37. The molecule has 0 bridgehead atoms. The molecular weight excluding hydrogens is 176 g/mol. The largest absolute Gasteiger partial charge is 0.360 e. The lowest BCUT2D eigenvalue weighted by molar-refractivity contribution is 0.413. The van der Waals surface area contributed by atoms with Crippen molar-refractivity contribution in [3.05, 3.63) is 0 Å². The van der Waals surface area contributed by atoms with Gasteiger partial charge in [0.1, 0.15) is 4.32 Å². The molecule has 1 heterocycles. The Hall–Kier alpha value is 0.200. The highest BCUT2D eigenvalue weighted by molar-refractivity contribution is 8.10. The summed E-state index contributed by atoms with van der Waals surface area (Å²) >= 11 is 9.00. The van der Waals surface area contributed by atoms with Crippen LogP contribution in [-0.2, 0) is 0 Å². The molecule has 1 aliphatic heterocycles. The Morgan fingerprint density at radius 2 is 2.55 bits per heavy atom. The van der Waals surface area contributed by atoms with E-state index in [1.807, 2.05) is 11.9 Å². The monoisotopic (exact) mass is 189 g/mol. The summed E-state index contributed by atoms with van der Waals surface area (Å²) in [6.07, 6.45) is 1.21. The Kier molecular flexibility index (Phi) is 3.62. The van der Waals surface area contributed by atoms with E-state index in [9.17, 15) is 0 Å². The van der Waals surface area contributed by atoms with Gasteiger partial charge in [-0.15, -0.1) is 12.6 Å². The third-order valence-corrected chi connectivity index (χ3v) is 2.59. The molecule has 1 fully saturated rings. The van der Waals surface area contributed by atoms with Crippen LogP contribution in [-0.4, -0.2) is 35.9 Å². The quantitative estimate of drug-likeness (QED) is 0.510. The molecule has 1 aliphatic rings. The lowest BCUT2D eigenvalue weighted by atomic mass is 10.1. The van der Waals surface area contributed by atoms with Crippen molar-refractivity contribution >= 4 is 29.2 Å². The number of hydrogen-bond acceptors (Lipinski definition) is 1. The number of rotatable bonds is 2. The van der Waals surface area contributed by atoms with Gasteiger partial charge in [0, 0.05) is 26.7 Å². The lowest BCUT2D eigenvalue weighted by Gasteiger charge is -2.19. The third-order valence-electron chi connectivity index (χ3n) is 1.94. The Bertz CT molecular complexity index is 143. The molecule has 0 amide bonds. The molecule has 0 aromatic heterocycles. The molecule has 0 N–H and O–H groups in total. The summed E-state index contributed by atoms with van der Waals surface area (Å²) in [5, 5.41) is 4.28. The van der Waals surface area contributed by atoms with E-state index in [1.54, 1.807) is 0 Å². The second-order valence-electron chi connectivity index (χ2n) is 2.95. The standard InChI is InChI=1S/C7H13N2S2/c1-9(7(10)11)5-6-2-3-8-4-6/h6H,2-5H2,1H3,(H,10,11). The summed E-state index contributed by atoms with van der Waals surface area (Å²) in [6, 6.07) is 0. The van der Waals surface area contributed by atoms with Crippen LogP contribution in [0.2, 0.25) is 0 Å². The fourth-order valence-corrected chi connectivity index (χ4v) is 1.41. The Morgan fingerprint density at radius 3 is 3.00 bits per heavy atom. The number of hydrogen-bond donors (Lipinski definition) is 1. The van der Waals surface area contributed by atoms with Crippen LogP contribution in [0.5, 0.6) is 0 Å². The fourth-order valence-electron chi connectivity index (χ4n) is 1.25. The van der Waals surface area contributed by atoms with Gasteiger partial charge in [-0.1, -0.05) is 12.2 Å². The lowest BCUT2D eigenvalue weighted by Crippen LogP contribution is -2.28. The summed E-state index contributed by atoms with van der Waals surface area (Å²) in [4.78, 5) is 2.00. The maximum Gasteiger partial charge on any atom is 0.133 e. The summed E-state index contributed by atoms with van der Waals surface area (Å²) in [6.45, 7) is 3.03. The van der Waals surface area contributed by atoms with E-state index < -0.39 is 0 Å². The van der Waals surface area contributed by atoms with Crippen LogP contribution < -0.4 is 5.32 Å². The van der Waals surface area contributed by atoms with Gasteiger partial charge in [-0.05, 0) is 12.3 Å². The van der Waals surface area contributed by atoms with Crippen molar-refractivity contribution in [3.63, 3.8) is 0 Å². The zero-order chi connectivity index (χ0) is 8.27. The highest BCUT2D eigenvalue weighted by Crippen LogP contribution is 2.10. The van der Waals surface area contributed by atoms with E-state index in [0.29, 0.717) is 10.2 Å². The van der Waals surface area contributed by atoms with E-state index in [0.717, 1.165) is 19.6 Å². The van der Waals surface area contributed by atoms with E-state index >= 15 is 0 Å². The second-order valence-corrected chi connectivity index (χ2v) is 4.06. The summed E-state index contributed by atoms with van der Waals surface area (Å²) in [7, 11) is 1.98. The van der Waals surface area contributed by atoms with E-state index in [-0.39, 0.29) is 0 Å². The molecule has 0 spiro atoms. The highest BCUT2D eigenvalue weighted by Gasteiger charge is 2.17. The molecule has 1 atom stereocenters. The van der Waals surface area contributed by atoms with Gasteiger partial charge < -0.3 is 4.90 Å². The van der Waals surface area contributed by atoms with Gasteiger partial charge in [0.2, 0.25) is 0 Å². The molecule has 0 saturated carbocycles. The zero-order valence-electron chi connectivity index (χ0n) is 6.66. The van der Waals surface area contributed by atoms with Crippen molar-refractivity contribution in [2.45, 2.75) is 6.42 Å². The molecule has 4 heteroatoms. The van der Waals surface area contributed by atoms with Crippen LogP contribution in [0.3, 0.4) is 0 Å². The average Bonchev–Trinajstić information content (AvgIpc) is 2.39. The normalized spacial score (nSPS) is 23.6. The van der Waals surface area contributed by atoms with Crippen LogP contribution in [0, 0.1) is 5.92 Å². The number of thiocarbonyl (C=S) groups is 1. The predicted molar refractivity (Wildman–Crippen MR) is 54.2 cm³/mol. The Balaban J connectivity index is 2.23. The van der Waals surface area contributed by atoms with Crippen LogP contribution >= 0.6 is 24.8 Å². The van der Waals surface area contributed by atoms with Crippen LogP contribution in [0.4, 0.5) is 0 Å². The minimum absolute atomic E-state index is 0.678. The average molecular weight is 189 g/mol. The summed E-state index contributed by atoms with van der Waals surface area (Å²) in [5.41, 5.74) is 0. The molecule has 1 unspecified atom stereocenters. The van der Waals surface area contributed by atoms with Crippen molar-refractivity contribution in [2.75, 3.05) is 26.7 Å². The topological polar surface area (TPSA) is 17.3 Å². The van der Waals surface area contributed by atoms with Crippen LogP contribution in [0.1, 0.15) is 6.42 Å². The molecule has 1 radical (unpaired) electrons. The van der Waals surface area contributed by atoms with Crippen molar-refractivity contribution in [1.29, 1.82) is 0 Å². The maximum atomic E-state index is 4.91. The predicted octanol–water partition coefficient (Wildman–Crippen LogP) is 0.757. The minimum atomic E-state index is 0.678. The van der Waals surface area contributed by atoms with Crippen molar-refractivity contribution < 1.29 is 0 Å². The molecule has 1 saturated heterocycles. The fraction of sp³-hybridized carbons (Fsp3) is 0.857. The first-order chi connectivity index (χ1) is 5.20. The second kappa shape index (κ2) is 4.28. The van der Waals surface area contributed by atoms with Gasteiger partial charge in [0.15, 0.2) is 0 Å². The SMILES string of the molecule is CN(CC1CC[N]C1)C(=S)S. The van der Waals surface area contributed by atoms with E-state index in [2.05, 4.69) is 17.9 Å². The molecule has 0 aromatic rings. The smallest absolute Gasteiger partial charge is 0.133 e. The molecule has 11 heavy (non-hydrogen) atoms. The van der Waals surface area contributed by atoms with Crippen LogP contribution in [0.25, 0.3) is 0 Å².